The fourth-order valence-electron chi connectivity index (χ4n) is 0.826. The van der Waals surface area contributed by atoms with Crippen LogP contribution in [0.5, 0.6) is 0 Å². The molecule has 1 aliphatic carbocycles. The van der Waals surface area contributed by atoms with Crippen LogP contribution in [0.25, 0.3) is 0 Å². The number of esters is 1. The van der Waals surface area contributed by atoms with Gasteiger partial charge in [-0.25, -0.2) is 0 Å². The van der Waals surface area contributed by atoms with Crippen LogP contribution in [0.2, 0.25) is 0 Å². The van der Waals surface area contributed by atoms with Crippen molar-refractivity contribution in [2.45, 2.75) is 26.2 Å². The topological polar surface area (TPSA) is 26.3 Å². The number of carbonyl (C=O) groups is 1. The molecule has 0 bridgehead atoms. The van der Waals surface area contributed by atoms with Gasteiger partial charge < -0.3 is 4.74 Å². The number of allylic oxidation sites excluding steroid dienone is 2. The van der Waals surface area contributed by atoms with Crippen LogP contribution in [0.1, 0.15) is 26.2 Å². The van der Waals surface area contributed by atoms with Gasteiger partial charge in [0, 0.05) is 13.3 Å². The first-order chi connectivity index (χ1) is 4.29. The van der Waals surface area contributed by atoms with Crippen LogP contribution < -0.4 is 0 Å². The van der Waals surface area contributed by atoms with Crippen LogP contribution >= 0.6 is 0 Å². The van der Waals surface area contributed by atoms with Crippen molar-refractivity contribution in [3.05, 3.63) is 11.8 Å². The lowest BCUT2D eigenvalue weighted by Crippen LogP contribution is -1.95. The van der Waals surface area contributed by atoms with Crippen molar-refractivity contribution in [2.75, 3.05) is 0 Å². The van der Waals surface area contributed by atoms with Gasteiger partial charge >= 0.3 is 5.97 Å². The highest BCUT2D eigenvalue weighted by atomic mass is 16.5. The Balaban J connectivity index is 2.35. The maximum atomic E-state index is 10.3. The lowest BCUT2D eigenvalue weighted by atomic mass is 10.4. The molecular formula is C7H9O2. The summed E-state index contributed by atoms with van der Waals surface area (Å²) in [5.74, 6) is 0.488. The molecule has 0 amide bonds. The van der Waals surface area contributed by atoms with Gasteiger partial charge in [0.1, 0.15) is 5.76 Å². The van der Waals surface area contributed by atoms with Crippen molar-refractivity contribution in [1.82, 2.24) is 0 Å². The summed E-state index contributed by atoms with van der Waals surface area (Å²) in [5, 5.41) is 0. The van der Waals surface area contributed by atoms with Crippen LogP contribution in [0, 0.1) is 6.08 Å². The van der Waals surface area contributed by atoms with Crippen LogP contribution in [0.4, 0.5) is 0 Å². The number of ether oxygens (including phenoxy) is 1. The molecule has 1 rings (SSSR count). The van der Waals surface area contributed by atoms with Crippen molar-refractivity contribution in [3.8, 4) is 0 Å². The third-order valence-corrected chi connectivity index (χ3v) is 1.17. The highest BCUT2D eigenvalue weighted by molar-refractivity contribution is 5.67. The molecule has 1 aliphatic rings. The summed E-state index contributed by atoms with van der Waals surface area (Å²) in [6.07, 6.45) is 5.84. The van der Waals surface area contributed by atoms with Gasteiger partial charge in [0.05, 0.1) is 0 Å². The molecule has 0 atom stereocenters. The van der Waals surface area contributed by atoms with Crippen LogP contribution in [-0.4, -0.2) is 5.97 Å². The molecule has 2 nitrogen and oxygen atoms in total. The summed E-state index contributed by atoms with van der Waals surface area (Å²) in [6.45, 7) is 1.41. The van der Waals surface area contributed by atoms with Gasteiger partial charge in [-0.05, 0) is 18.9 Å². The van der Waals surface area contributed by atoms with E-state index in [-0.39, 0.29) is 5.97 Å². The molecule has 0 saturated carbocycles. The summed E-state index contributed by atoms with van der Waals surface area (Å²) in [6, 6.07) is 0. The zero-order valence-corrected chi connectivity index (χ0v) is 5.44. The lowest BCUT2D eigenvalue weighted by Gasteiger charge is -1.97. The van der Waals surface area contributed by atoms with E-state index < -0.39 is 0 Å². The van der Waals surface area contributed by atoms with Gasteiger partial charge in [-0.2, -0.15) is 0 Å². The number of hydrogen-bond acceptors (Lipinski definition) is 2. The second-order valence-corrected chi connectivity index (χ2v) is 2.05. The fraction of sp³-hybridized carbons (Fsp3) is 0.571. The Hall–Kier alpha value is -0.790. The Morgan fingerprint density at radius 3 is 3.00 bits per heavy atom. The lowest BCUT2D eigenvalue weighted by molar-refractivity contribution is -0.137. The minimum absolute atomic E-state index is 0.237. The van der Waals surface area contributed by atoms with Gasteiger partial charge in [-0.1, -0.05) is 0 Å². The number of carbonyl (C=O) groups excluding carboxylic acids is 1. The molecule has 0 unspecified atom stereocenters. The SMILES string of the molecule is CC(=O)OC1=[C]CCC1. The Labute approximate surface area is 54.5 Å². The van der Waals surface area contributed by atoms with E-state index in [0.717, 1.165) is 25.0 Å². The smallest absolute Gasteiger partial charge is 0.307 e. The first-order valence-corrected chi connectivity index (χ1v) is 3.07. The van der Waals surface area contributed by atoms with E-state index in [9.17, 15) is 4.79 Å². The average Bonchev–Trinajstić information content (AvgIpc) is 2.15. The molecule has 9 heavy (non-hydrogen) atoms. The summed E-state index contributed by atoms with van der Waals surface area (Å²) >= 11 is 0. The quantitative estimate of drug-likeness (QED) is 0.495. The molecule has 2 heteroatoms. The van der Waals surface area contributed by atoms with Crippen molar-refractivity contribution < 1.29 is 9.53 Å². The third kappa shape index (κ3) is 1.88. The monoisotopic (exact) mass is 125 g/mol. The van der Waals surface area contributed by atoms with Crippen LogP contribution in [-0.2, 0) is 9.53 Å². The zero-order valence-electron chi connectivity index (χ0n) is 5.44. The van der Waals surface area contributed by atoms with Crippen molar-refractivity contribution in [2.24, 2.45) is 0 Å². The molecule has 0 saturated heterocycles. The molecule has 0 heterocycles. The second kappa shape index (κ2) is 2.67. The van der Waals surface area contributed by atoms with E-state index in [1.165, 1.54) is 6.92 Å². The summed E-state index contributed by atoms with van der Waals surface area (Å²) in [7, 11) is 0. The van der Waals surface area contributed by atoms with Crippen molar-refractivity contribution >= 4 is 5.97 Å². The van der Waals surface area contributed by atoms with E-state index in [1.807, 2.05) is 0 Å². The van der Waals surface area contributed by atoms with E-state index in [0.29, 0.717) is 0 Å². The maximum absolute atomic E-state index is 10.3. The van der Waals surface area contributed by atoms with Crippen molar-refractivity contribution in [3.63, 3.8) is 0 Å². The van der Waals surface area contributed by atoms with Crippen LogP contribution in [0.3, 0.4) is 0 Å². The first kappa shape index (κ1) is 6.33. The molecule has 0 fully saturated rings. The number of hydrogen-bond donors (Lipinski definition) is 0. The van der Waals surface area contributed by atoms with E-state index in [1.54, 1.807) is 0 Å². The molecule has 0 aromatic carbocycles. The zero-order chi connectivity index (χ0) is 6.69. The Kier molecular flexibility index (Phi) is 1.88. The predicted octanol–water partition coefficient (Wildman–Crippen LogP) is 1.42. The minimum atomic E-state index is -0.237. The summed E-state index contributed by atoms with van der Waals surface area (Å²) < 4.78 is 4.78. The summed E-state index contributed by atoms with van der Waals surface area (Å²) in [5.41, 5.74) is 0. The molecular weight excluding hydrogens is 116 g/mol. The highest BCUT2D eigenvalue weighted by Gasteiger charge is 2.07. The van der Waals surface area contributed by atoms with Gasteiger partial charge in [0.15, 0.2) is 0 Å². The Morgan fingerprint density at radius 1 is 1.78 bits per heavy atom. The first-order valence-electron chi connectivity index (χ1n) is 3.07. The van der Waals surface area contributed by atoms with E-state index >= 15 is 0 Å². The molecule has 0 aromatic heterocycles. The van der Waals surface area contributed by atoms with E-state index in [2.05, 4.69) is 6.08 Å². The van der Waals surface area contributed by atoms with Gasteiger partial charge in [0.25, 0.3) is 0 Å². The summed E-state index contributed by atoms with van der Waals surface area (Å²) in [4.78, 5) is 10.3. The van der Waals surface area contributed by atoms with Gasteiger partial charge in [-0.15, -0.1) is 0 Å². The normalized spacial score (nSPS) is 17.2. The molecule has 0 spiro atoms. The number of rotatable bonds is 1. The van der Waals surface area contributed by atoms with Gasteiger partial charge in [0.2, 0.25) is 0 Å². The van der Waals surface area contributed by atoms with Crippen molar-refractivity contribution in [1.29, 1.82) is 0 Å². The Bertz CT molecular complexity index is 147. The molecule has 1 radical (unpaired) electrons. The second-order valence-electron chi connectivity index (χ2n) is 2.05. The van der Waals surface area contributed by atoms with Gasteiger partial charge in [-0.3, -0.25) is 4.79 Å². The van der Waals surface area contributed by atoms with Crippen LogP contribution in [0.15, 0.2) is 5.76 Å². The fourth-order valence-corrected chi connectivity index (χ4v) is 0.826. The molecule has 49 valence electrons. The molecule has 0 aromatic rings. The standard InChI is InChI=1S/C7H9O2/c1-6(8)9-7-4-2-3-5-7/h2-4H2,1H3. The minimum Gasteiger partial charge on any atom is -0.431 e. The Morgan fingerprint density at radius 2 is 2.56 bits per heavy atom. The maximum Gasteiger partial charge on any atom is 0.307 e. The predicted molar refractivity (Wildman–Crippen MR) is 32.4 cm³/mol. The highest BCUT2D eigenvalue weighted by Crippen LogP contribution is 2.17. The largest absolute Gasteiger partial charge is 0.431 e. The molecule has 0 aliphatic heterocycles. The van der Waals surface area contributed by atoms with E-state index in [4.69, 9.17) is 4.74 Å². The molecule has 0 N–H and O–H groups in total. The average molecular weight is 125 g/mol. The third-order valence-electron chi connectivity index (χ3n) is 1.17.